The highest BCUT2D eigenvalue weighted by atomic mass is 16.6. The molecule has 1 unspecified atom stereocenters. The second-order valence-electron chi connectivity index (χ2n) is 12.8. The van der Waals surface area contributed by atoms with Crippen molar-refractivity contribution in [3.8, 4) is 0 Å². The predicted octanol–water partition coefficient (Wildman–Crippen LogP) is 3.42. The van der Waals surface area contributed by atoms with E-state index >= 15 is 0 Å². The number of nitrogens with one attached hydrogen (secondary N) is 4. The molecule has 44 heavy (non-hydrogen) atoms. The van der Waals surface area contributed by atoms with E-state index in [9.17, 15) is 19.2 Å². The first-order valence-corrected chi connectivity index (χ1v) is 15.6. The number of amides is 4. The van der Waals surface area contributed by atoms with Crippen LogP contribution in [0.4, 0.5) is 10.5 Å². The van der Waals surface area contributed by atoms with E-state index in [0.29, 0.717) is 25.3 Å². The monoisotopic (exact) mass is 612 g/mol. The summed E-state index contributed by atoms with van der Waals surface area (Å²) >= 11 is 0. The molecule has 1 aliphatic carbocycles. The van der Waals surface area contributed by atoms with Crippen LogP contribution < -0.4 is 21.3 Å². The Labute approximate surface area is 260 Å². The third-order valence-electron chi connectivity index (χ3n) is 9.01. The molecule has 3 aliphatic rings. The van der Waals surface area contributed by atoms with Gasteiger partial charge >= 0.3 is 6.03 Å². The topological polar surface area (TPSA) is 151 Å². The first-order chi connectivity index (χ1) is 20.9. The maximum Gasteiger partial charge on any atom is 0.315 e. The molecule has 11 nitrogen and oxygen atoms in total. The molecule has 4 amide bonds. The Hall–Kier alpha value is -3.28. The summed E-state index contributed by atoms with van der Waals surface area (Å²) < 4.78 is 18.3. The molecule has 0 radical (unpaired) electrons. The molecule has 1 aromatic carbocycles. The molecule has 3 fully saturated rings. The fourth-order valence-corrected chi connectivity index (χ4v) is 6.36. The Bertz CT molecular complexity index is 1240. The summed E-state index contributed by atoms with van der Waals surface area (Å²) in [4.78, 5) is 48.3. The summed E-state index contributed by atoms with van der Waals surface area (Å²) in [5, 5.41) is 11.5. The molecule has 2 aliphatic heterocycles. The van der Waals surface area contributed by atoms with Crippen LogP contribution in [0, 0.1) is 5.92 Å². The lowest BCUT2D eigenvalue weighted by Gasteiger charge is -2.43. The van der Waals surface area contributed by atoms with Gasteiger partial charge in [-0.25, -0.2) is 4.79 Å². The summed E-state index contributed by atoms with van der Waals surface area (Å²) in [7, 11) is 1.70. The molecule has 2 saturated heterocycles. The van der Waals surface area contributed by atoms with E-state index in [0.717, 1.165) is 24.8 Å². The second kappa shape index (κ2) is 14.2. The van der Waals surface area contributed by atoms with Gasteiger partial charge < -0.3 is 40.3 Å². The van der Waals surface area contributed by atoms with Crippen LogP contribution in [0.15, 0.2) is 35.9 Å². The van der Waals surface area contributed by atoms with Crippen molar-refractivity contribution in [2.45, 2.75) is 109 Å². The van der Waals surface area contributed by atoms with Crippen molar-refractivity contribution in [2.24, 2.45) is 5.92 Å². The van der Waals surface area contributed by atoms with E-state index in [1.807, 2.05) is 12.1 Å². The highest BCUT2D eigenvalue weighted by Gasteiger charge is 2.71. The molecule has 1 saturated carbocycles. The van der Waals surface area contributed by atoms with E-state index < -0.39 is 6.04 Å². The number of hydrogen-bond donors (Lipinski definition) is 4. The lowest BCUT2D eigenvalue weighted by Crippen LogP contribution is -2.60. The third kappa shape index (κ3) is 8.46. The first-order valence-electron chi connectivity index (χ1n) is 15.6. The van der Waals surface area contributed by atoms with Crippen LogP contribution in [0.25, 0.3) is 0 Å². The van der Waals surface area contributed by atoms with E-state index in [2.05, 4.69) is 48.1 Å². The van der Waals surface area contributed by atoms with E-state index in [1.54, 1.807) is 26.2 Å². The number of allylic oxidation sites excluding steroid dienone is 1. The highest BCUT2D eigenvalue weighted by molar-refractivity contribution is 5.97. The minimum absolute atomic E-state index is 0.0274. The van der Waals surface area contributed by atoms with Crippen LogP contribution in [-0.2, 0) is 35.0 Å². The van der Waals surface area contributed by atoms with Gasteiger partial charge in [-0.1, -0.05) is 23.8 Å². The number of ether oxygens (including phenoxy) is 3. The molecule has 11 heteroatoms. The molecule has 4 N–H and O–H groups in total. The molecule has 4 rings (SSSR count). The van der Waals surface area contributed by atoms with Crippen molar-refractivity contribution in [1.82, 2.24) is 16.0 Å². The van der Waals surface area contributed by atoms with Crippen LogP contribution >= 0.6 is 0 Å². The number of carbonyl (C=O) groups is 4. The van der Waals surface area contributed by atoms with Gasteiger partial charge in [-0.3, -0.25) is 9.59 Å². The number of rotatable bonds is 14. The van der Waals surface area contributed by atoms with Crippen molar-refractivity contribution in [3.63, 3.8) is 0 Å². The normalized spacial score (nSPS) is 29.2. The third-order valence-corrected chi connectivity index (χ3v) is 9.01. The molecule has 1 spiro atoms. The lowest BCUT2D eigenvalue weighted by atomic mass is 9.67. The molecular weight excluding hydrogens is 564 g/mol. The summed E-state index contributed by atoms with van der Waals surface area (Å²) in [6, 6.07) is 6.20. The average Bonchev–Trinajstić information content (AvgIpc) is 3.89. The molecule has 2 heterocycles. The van der Waals surface area contributed by atoms with Gasteiger partial charge in [-0.15, -0.1) is 0 Å². The van der Waals surface area contributed by atoms with Crippen molar-refractivity contribution in [1.29, 1.82) is 0 Å². The fourth-order valence-electron chi connectivity index (χ4n) is 6.36. The van der Waals surface area contributed by atoms with Crippen molar-refractivity contribution < 1.29 is 33.4 Å². The van der Waals surface area contributed by atoms with E-state index in [-0.39, 0.29) is 71.8 Å². The number of hydrogen-bond acceptors (Lipinski definition) is 7. The first kappa shape index (κ1) is 33.6. The van der Waals surface area contributed by atoms with Crippen molar-refractivity contribution in [2.75, 3.05) is 25.6 Å². The number of Topliss-reactive ketones (excluding diaryl/α,β-unsaturated/α-hetero) is 1. The van der Waals surface area contributed by atoms with Crippen LogP contribution in [0.2, 0.25) is 0 Å². The second-order valence-corrected chi connectivity index (χ2v) is 12.8. The highest BCUT2D eigenvalue weighted by Crippen LogP contribution is 2.59. The van der Waals surface area contributed by atoms with Gasteiger partial charge in [-0.05, 0) is 78.0 Å². The summed E-state index contributed by atoms with van der Waals surface area (Å²) in [5.74, 6) is -0.738. The van der Waals surface area contributed by atoms with Crippen molar-refractivity contribution in [3.05, 3.63) is 41.5 Å². The number of urea groups is 1. The minimum Gasteiger partial charge on any atom is -0.379 e. The number of benzene rings is 1. The Balaban J connectivity index is 1.22. The maximum absolute atomic E-state index is 12.9. The molecule has 0 bridgehead atoms. The zero-order valence-corrected chi connectivity index (χ0v) is 26.8. The summed E-state index contributed by atoms with van der Waals surface area (Å²) in [5.41, 5.74) is 2.27. The van der Waals surface area contributed by atoms with Gasteiger partial charge in [0.1, 0.15) is 17.4 Å². The smallest absolute Gasteiger partial charge is 0.315 e. The standard InChI is InChI=1S/C33H48N4O7/c1-20(2)7-13-26-32(5,44-26)29-28(42-6)25(15-17-33(29)19-43-33)37-31(41)34-18-16-23-9-11-24(12-10-23)36-30(40)22(4)35-27(39)14-8-21(3)38/h7,9-12,22,25-26,28-29H,8,13-19H2,1-6H3,(H,35,39)(H,36,40)(H2,34,37,41)/t22-,25-,26-,28-,29-,32?,33+/m1/s1. The Morgan fingerprint density at radius 3 is 2.43 bits per heavy atom. The van der Waals surface area contributed by atoms with Gasteiger partial charge in [0.2, 0.25) is 11.8 Å². The number of ketones is 1. The van der Waals surface area contributed by atoms with E-state index in [4.69, 9.17) is 14.2 Å². The average molecular weight is 613 g/mol. The zero-order valence-electron chi connectivity index (χ0n) is 26.8. The summed E-state index contributed by atoms with van der Waals surface area (Å²) in [6.07, 6.45) is 5.39. The lowest BCUT2D eigenvalue weighted by molar-refractivity contribution is -0.127. The number of epoxide rings is 2. The number of methoxy groups -OCH3 is 1. The van der Waals surface area contributed by atoms with Gasteiger partial charge in [0.25, 0.3) is 0 Å². The fraction of sp³-hybridized carbons (Fsp3) is 0.636. The van der Waals surface area contributed by atoms with Crippen LogP contribution in [0.3, 0.4) is 0 Å². The Morgan fingerprint density at radius 2 is 1.82 bits per heavy atom. The van der Waals surface area contributed by atoms with Gasteiger partial charge in [0.05, 0.1) is 30.5 Å². The number of anilines is 1. The van der Waals surface area contributed by atoms with Gasteiger partial charge in [-0.2, -0.15) is 0 Å². The van der Waals surface area contributed by atoms with E-state index in [1.165, 1.54) is 12.5 Å². The molecular formula is C33H48N4O7. The maximum atomic E-state index is 12.9. The summed E-state index contributed by atoms with van der Waals surface area (Å²) in [6.45, 7) is 10.5. The predicted molar refractivity (Wildman–Crippen MR) is 166 cm³/mol. The van der Waals surface area contributed by atoms with Crippen LogP contribution in [0.5, 0.6) is 0 Å². The molecule has 1 aromatic rings. The largest absolute Gasteiger partial charge is 0.379 e. The zero-order chi connectivity index (χ0) is 32.1. The molecule has 0 aromatic heterocycles. The van der Waals surface area contributed by atoms with Gasteiger partial charge in [0, 0.05) is 38.1 Å². The minimum atomic E-state index is -0.736. The Morgan fingerprint density at radius 1 is 1.11 bits per heavy atom. The quantitative estimate of drug-likeness (QED) is 0.186. The van der Waals surface area contributed by atoms with Crippen LogP contribution in [0.1, 0.15) is 72.3 Å². The molecule has 7 atom stereocenters. The van der Waals surface area contributed by atoms with Crippen molar-refractivity contribution >= 4 is 29.3 Å². The SMILES string of the molecule is CO[C@H]1[C@H](C2(C)O[C@@H]2CC=C(C)C)[C@]2(CC[C@H]1NC(=O)NCCc1ccc(NC(=O)[C@@H](C)NC(=O)CCC(C)=O)cc1)CO2. The molecule has 242 valence electrons. The Kier molecular flexibility index (Phi) is 10.9. The van der Waals surface area contributed by atoms with Crippen LogP contribution in [-0.4, -0.2) is 79.4 Å². The number of carbonyl (C=O) groups excluding carboxylic acids is 4. The van der Waals surface area contributed by atoms with Gasteiger partial charge in [0.15, 0.2) is 0 Å².